The zero-order valence-corrected chi connectivity index (χ0v) is 13.1. The van der Waals surface area contributed by atoms with Gasteiger partial charge in [0.1, 0.15) is 5.75 Å². The number of benzene rings is 2. The second kappa shape index (κ2) is 6.87. The second-order valence-corrected chi connectivity index (χ2v) is 5.38. The van der Waals surface area contributed by atoms with E-state index < -0.39 is 0 Å². The highest BCUT2D eigenvalue weighted by Crippen LogP contribution is 2.33. The van der Waals surface area contributed by atoms with Crippen LogP contribution >= 0.6 is 23.2 Å². The third-order valence-electron chi connectivity index (χ3n) is 2.88. The first-order valence-corrected chi connectivity index (χ1v) is 7.27. The molecule has 2 nitrogen and oxygen atoms in total. The smallest absolute Gasteiger partial charge is 0.142 e. The van der Waals surface area contributed by atoms with Gasteiger partial charge in [0.05, 0.1) is 11.6 Å². The molecule has 106 valence electrons. The van der Waals surface area contributed by atoms with Crippen LogP contribution < -0.4 is 10.1 Å². The molecule has 0 bridgehead atoms. The van der Waals surface area contributed by atoms with E-state index >= 15 is 0 Å². The molecule has 0 radical (unpaired) electrons. The fraction of sp³-hybridized carbons (Fsp3) is 0.250. The average Bonchev–Trinajstić information content (AvgIpc) is 2.40. The summed E-state index contributed by atoms with van der Waals surface area (Å²) in [6.07, 6.45) is 0. The molecule has 0 unspecified atom stereocenters. The number of nitrogens with one attached hydrogen (secondary N) is 1. The van der Waals surface area contributed by atoms with Crippen molar-refractivity contribution in [3.63, 3.8) is 0 Å². The van der Waals surface area contributed by atoms with Crippen molar-refractivity contribution in [3.8, 4) is 5.75 Å². The van der Waals surface area contributed by atoms with Gasteiger partial charge in [0, 0.05) is 22.8 Å². The molecule has 2 aromatic carbocycles. The van der Waals surface area contributed by atoms with Crippen LogP contribution in [0.2, 0.25) is 10.0 Å². The van der Waals surface area contributed by atoms with Gasteiger partial charge >= 0.3 is 0 Å². The van der Waals surface area contributed by atoms with E-state index in [2.05, 4.69) is 24.4 Å². The first-order chi connectivity index (χ1) is 9.60. The maximum Gasteiger partial charge on any atom is 0.142 e. The summed E-state index contributed by atoms with van der Waals surface area (Å²) < 4.78 is 5.60. The number of halogens is 2. The van der Waals surface area contributed by atoms with Crippen LogP contribution in [0.1, 0.15) is 18.1 Å². The molecule has 2 aromatic rings. The van der Waals surface area contributed by atoms with Gasteiger partial charge in [-0.2, -0.15) is 0 Å². The zero-order valence-electron chi connectivity index (χ0n) is 11.5. The molecular formula is C16H17Cl2NO. The van der Waals surface area contributed by atoms with Gasteiger partial charge in [-0.1, -0.05) is 35.3 Å². The van der Waals surface area contributed by atoms with Crippen LogP contribution in [0, 0.1) is 6.92 Å². The Kier molecular flexibility index (Phi) is 5.16. The van der Waals surface area contributed by atoms with Crippen LogP contribution in [-0.2, 0) is 6.54 Å². The number of ether oxygens (including phenoxy) is 1. The Morgan fingerprint density at radius 2 is 1.95 bits per heavy atom. The van der Waals surface area contributed by atoms with E-state index in [1.54, 1.807) is 6.07 Å². The van der Waals surface area contributed by atoms with Gasteiger partial charge in [-0.25, -0.2) is 0 Å². The molecule has 0 aromatic heterocycles. The van der Waals surface area contributed by atoms with Crippen LogP contribution in [-0.4, -0.2) is 6.61 Å². The molecule has 2 rings (SSSR count). The van der Waals surface area contributed by atoms with E-state index in [0.717, 1.165) is 11.3 Å². The summed E-state index contributed by atoms with van der Waals surface area (Å²) >= 11 is 12.2. The molecule has 0 heterocycles. The molecule has 0 aliphatic rings. The van der Waals surface area contributed by atoms with Gasteiger partial charge in [0.2, 0.25) is 0 Å². The van der Waals surface area contributed by atoms with Crippen LogP contribution in [0.4, 0.5) is 5.69 Å². The third-order valence-corrected chi connectivity index (χ3v) is 3.37. The SMILES string of the molecule is CCOc1c(Cl)cc(Cl)cc1CNc1cccc(C)c1. The third kappa shape index (κ3) is 3.81. The van der Waals surface area contributed by atoms with Gasteiger partial charge in [-0.3, -0.25) is 0 Å². The highest BCUT2D eigenvalue weighted by Gasteiger charge is 2.10. The molecule has 0 aliphatic carbocycles. The van der Waals surface area contributed by atoms with Gasteiger partial charge < -0.3 is 10.1 Å². The monoisotopic (exact) mass is 309 g/mol. The zero-order chi connectivity index (χ0) is 14.5. The van der Waals surface area contributed by atoms with Gasteiger partial charge in [0.15, 0.2) is 0 Å². The maximum absolute atomic E-state index is 6.18. The first-order valence-electron chi connectivity index (χ1n) is 6.51. The second-order valence-electron chi connectivity index (χ2n) is 4.53. The summed E-state index contributed by atoms with van der Waals surface area (Å²) in [6.45, 7) is 5.17. The maximum atomic E-state index is 6.18. The average molecular weight is 310 g/mol. The van der Waals surface area contributed by atoms with Crippen molar-refractivity contribution in [3.05, 3.63) is 57.6 Å². The highest BCUT2D eigenvalue weighted by molar-refractivity contribution is 6.35. The Morgan fingerprint density at radius 3 is 2.65 bits per heavy atom. The van der Waals surface area contributed by atoms with Crippen LogP contribution in [0.5, 0.6) is 5.75 Å². The van der Waals surface area contributed by atoms with Crippen molar-refractivity contribution < 1.29 is 4.74 Å². The summed E-state index contributed by atoms with van der Waals surface area (Å²) in [6, 6.07) is 11.8. The van der Waals surface area contributed by atoms with Crippen molar-refractivity contribution in [2.24, 2.45) is 0 Å². The fourth-order valence-corrected chi connectivity index (χ4v) is 2.59. The number of rotatable bonds is 5. The number of anilines is 1. The van der Waals surface area contributed by atoms with E-state index in [-0.39, 0.29) is 0 Å². The lowest BCUT2D eigenvalue weighted by molar-refractivity contribution is 0.337. The van der Waals surface area contributed by atoms with E-state index in [1.807, 2.05) is 25.1 Å². The molecule has 1 N–H and O–H groups in total. The molecular weight excluding hydrogens is 293 g/mol. The molecule has 0 aliphatic heterocycles. The highest BCUT2D eigenvalue weighted by atomic mass is 35.5. The quantitative estimate of drug-likeness (QED) is 0.807. The lowest BCUT2D eigenvalue weighted by atomic mass is 10.1. The number of aryl methyl sites for hydroxylation is 1. The lowest BCUT2D eigenvalue weighted by Gasteiger charge is -2.14. The summed E-state index contributed by atoms with van der Waals surface area (Å²) in [5, 5.41) is 4.51. The summed E-state index contributed by atoms with van der Waals surface area (Å²) in [5.41, 5.74) is 3.22. The van der Waals surface area contributed by atoms with Crippen molar-refractivity contribution in [2.75, 3.05) is 11.9 Å². The minimum Gasteiger partial charge on any atom is -0.492 e. The Bertz CT molecular complexity index is 599. The van der Waals surface area contributed by atoms with Gasteiger partial charge in [0.25, 0.3) is 0 Å². The van der Waals surface area contributed by atoms with Crippen molar-refractivity contribution in [1.82, 2.24) is 0 Å². The largest absolute Gasteiger partial charge is 0.492 e. The van der Waals surface area contributed by atoms with E-state index in [9.17, 15) is 0 Å². The molecule has 0 saturated carbocycles. The predicted molar refractivity (Wildman–Crippen MR) is 86.1 cm³/mol. The molecule has 0 spiro atoms. The standard InChI is InChI=1S/C16H17Cl2NO/c1-3-20-16-12(8-13(17)9-15(16)18)10-19-14-6-4-5-11(2)7-14/h4-9,19H,3,10H2,1-2H3. The first kappa shape index (κ1) is 15.0. The summed E-state index contributed by atoms with van der Waals surface area (Å²) in [4.78, 5) is 0. The summed E-state index contributed by atoms with van der Waals surface area (Å²) in [5.74, 6) is 0.693. The molecule has 0 atom stereocenters. The fourth-order valence-electron chi connectivity index (χ4n) is 2.00. The van der Waals surface area contributed by atoms with Gasteiger partial charge in [-0.15, -0.1) is 0 Å². The van der Waals surface area contributed by atoms with E-state index in [1.165, 1.54) is 5.56 Å². The molecule has 20 heavy (non-hydrogen) atoms. The number of hydrogen-bond acceptors (Lipinski definition) is 2. The summed E-state index contributed by atoms with van der Waals surface area (Å²) in [7, 11) is 0. The molecule has 0 amide bonds. The molecule has 0 fully saturated rings. The topological polar surface area (TPSA) is 21.3 Å². The predicted octanol–water partition coefficient (Wildman–Crippen LogP) is 5.31. The Hall–Kier alpha value is -1.38. The van der Waals surface area contributed by atoms with E-state index in [4.69, 9.17) is 27.9 Å². The minimum absolute atomic E-state index is 0.542. The number of hydrogen-bond donors (Lipinski definition) is 1. The Balaban J connectivity index is 2.20. The Labute approximate surface area is 129 Å². The van der Waals surface area contributed by atoms with Crippen molar-refractivity contribution >= 4 is 28.9 Å². The van der Waals surface area contributed by atoms with Crippen molar-refractivity contribution in [2.45, 2.75) is 20.4 Å². The van der Waals surface area contributed by atoms with Crippen molar-refractivity contribution in [1.29, 1.82) is 0 Å². The minimum atomic E-state index is 0.542. The van der Waals surface area contributed by atoms with E-state index in [0.29, 0.717) is 28.9 Å². The molecule has 0 saturated heterocycles. The normalized spacial score (nSPS) is 10.4. The Morgan fingerprint density at radius 1 is 1.15 bits per heavy atom. The lowest BCUT2D eigenvalue weighted by Crippen LogP contribution is -2.04. The van der Waals surface area contributed by atoms with Crippen LogP contribution in [0.25, 0.3) is 0 Å². The van der Waals surface area contributed by atoms with Crippen LogP contribution in [0.15, 0.2) is 36.4 Å². The molecule has 4 heteroatoms. The van der Waals surface area contributed by atoms with Crippen LogP contribution in [0.3, 0.4) is 0 Å². The van der Waals surface area contributed by atoms with Gasteiger partial charge in [-0.05, 0) is 43.7 Å².